The van der Waals surface area contributed by atoms with E-state index >= 15 is 0 Å². The first kappa shape index (κ1) is 18.5. The molecule has 1 aromatic rings. The van der Waals surface area contributed by atoms with Crippen molar-refractivity contribution in [3.8, 4) is 0 Å². The summed E-state index contributed by atoms with van der Waals surface area (Å²) >= 11 is 3.14. The molecule has 0 saturated heterocycles. The van der Waals surface area contributed by atoms with Gasteiger partial charge in [0.25, 0.3) is 0 Å². The van der Waals surface area contributed by atoms with Crippen LogP contribution >= 0.6 is 15.9 Å². The van der Waals surface area contributed by atoms with Gasteiger partial charge >= 0.3 is 0 Å². The Morgan fingerprint density at radius 2 is 2.05 bits per heavy atom. The quantitative estimate of drug-likeness (QED) is 0.619. The van der Waals surface area contributed by atoms with Crippen molar-refractivity contribution in [1.82, 2.24) is 4.72 Å². The maximum absolute atomic E-state index is 14.1. The van der Waals surface area contributed by atoms with E-state index in [1.807, 2.05) is 0 Å². The SMILES string of the molecule is COCCOCCNS(=O)(=O)c1cc(Br)cc(CN)c1F. The summed E-state index contributed by atoms with van der Waals surface area (Å²) in [4.78, 5) is -0.436. The molecular formula is C12H18BrFN2O4S. The Balaban J connectivity index is 2.72. The summed E-state index contributed by atoms with van der Waals surface area (Å²) in [5.74, 6) is -0.839. The fraction of sp³-hybridized carbons (Fsp3) is 0.500. The van der Waals surface area contributed by atoms with Crippen LogP contribution in [0, 0.1) is 5.82 Å². The van der Waals surface area contributed by atoms with Crippen LogP contribution in [0.15, 0.2) is 21.5 Å². The van der Waals surface area contributed by atoms with Gasteiger partial charge in [-0.3, -0.25) is 0 Å². The van der Waals surface area contributed by atoms with Crippen LogP contribution < -0.4 is 10.5 Å². The Bertz CT molecular complexity index is 569. The standard InChI is InChI=1S/C12H18BrFN2O4S/c1-19-4-5-20-3-2-16-21(17,18)11-7-10(13)6-9(8-15)12(11)14/h6-7,16H,2-5,8,15H2,1H3. The summed E-state index contributed by atoms with van der Waals surface area (Å²) in [6.45, 7) is 0.902. The average Bonchev–Trinajstić information content (AvgIpc) is 2.44. The first-order valence-corrected chi connectivity index (χ1v) is 8.44. The molecule has 0 bridgehead atoms. The summed E-state index contributed by atoms with van der Waals surface area (Å²) in [6.07, 6.45) is 0. The lowest BCUT2D eigenvalue weighted by Gasteiger charge is -2.11. The second kappa shape index (κ2) is 8.76. The molecule has 0 aromatic heterocycles. The summed E-state index contributed by atoms with van der Waals surface area (Å²) in [5.41, 5.74) is 5.52. The third-order valence-electron chi connectivity index (χ3n) is 2.56. The van der Waals surface area contributed by atoms with E-state index in [0.717, 1.165) is 0 Å². The molecule has 21 heavy (non-hydrogen) atoms. The van der Waals surface area contributed by atoms with Crippen molar-refractivity contribution in [2.75, 3.05) is 33.5 Å². The highest BCUT2D eigenvalue weighted by Gasteiger charge is 2.21. The van der Waals surface area contributed by atoms with Crippen molar-refractivity contribution in [1.29, 1.82) is 0 Å². The maximum atomic E-state index is 14.1. The predicted molar refractivity (Wildman–Crippen MR) is 79.9 cm³/mol. The first-order chi connectivity index (χ1) is 9.92. The molecule has 0 radical (unpaired) electrons. The zero-order valence-corrected chi connectivity index (χ0v) is 14.0. The van der Waals surface area contributed by atoms with Gasteiger partial charge in [-0.2, -0.15) is 0 Å². The number of rotatable bonds is 9. The molecule has 0 heterocycles. The van der Waals surface area contributed by atoms with Crippen molar-refractivity contribution < 1.29 is 22.3 Å². The van der Waals surface area contributed by atoms with E-state index in [4.69, 9.17) is 15.2 Å². The Morgan fingerprint density at radius 1 is 1.33 bits per heavy atom. The number of methoxy groups -OCH3 is 1. The Hall–Kier alpha value is -0.580. The van der Waals surface area contributed by atoms with Crippen molar-refractivity contribution >= 4 is 26.0 Å². The highest BCUT2D eigenvalue weighted by atomic mass is 79.9. The predicted octanol–water partition coefficient (Wildman–Crippen LogP) is 0.988. The number of benzene rings is 1. The van der Waals surface area contributed by atoms with Crippen molar-refractivity contribution in [3.05, 3.63) is 28.0 Å². The molecule has 0 aliphatic heterocycles. The van der Waals surface area contributed by atoms with Gasteiger partial charge in [-0.25, -0.2) is 17.5 Å². The highest BCUT2D eigenvalue weighted by Crippen LogP contribution is 2.23. The van der Waals surface area contributed by atoms with E-state index in [9.17, 15) is 12.8 Å². The molecule has 3 N–H and O–H groups in total. The lowest BCUT2D eigenvalue weighted by Crippen LogP contribution is -2.29. The Labute approximate surface area is 132 Å². The molecule has 120 valence electrons. The van der Waals surface area contributed by atoms with Crippen LogP contribution in [0.25, 0.3) is 0 Å². The third kappa shape index (κ3) is 5.61. The van der Waals surface area contributed by atoms with E-state index in [-0.39, 0.29) is 25.3 Å². The van der Waals surface area contributed by atoms with Crippen LogP contribution in [0.2, 0.25) is 0 Å². The van der Waals surface area contributed by atoms with E-state index in [1.165, 1.54) is 19.2 Å². The van der Waals surface area contributed by atoms with Crippen LogP contribution in [-0.4, -0.2) is 41.9 Å². The van der Waals surface area contributed by atoms with Gasteiger partial charge in [-0.1, -0.05) is 15.9 Å². The van der Waals surface area contributed by atoms with Gasteiger partial charge in [0.05, 0.1) is 19.8 Å². The summed E-state index contributed by atoms with van der Waals surface area (Å²) < 4.78 is 50.8. The lowest BCUT2D eigenvalue weighted by atomic mass is 10.2. The van der Waals surface area contributed by atoms with Crippen LogP contribution in [0.5, 0.6) is 0 Å². The van der Waals surface area contributed by atoms with Crippen LogP contribution in [0.3, 0.4) is 0 Å². The smallest absolute Gasteiger partial charge is 0.243 e. The molecule has 1 aromatic carbocycles. The summed E-state index contributed by atoms with van der Waals surface area (Å²) in [6, 6.07) is 2.64. The largest absolute Gasteiger partial charge is 0.382 e. The molecule has 0 aliphatic rings. The highest BCUT2D eigenvalue weighted by molar-refractivity contribution is 9.10. The monoisotopic (exact) mass is 384 g/mol. The Kier molecular flexibility index (Phi) is 7.71. The number of ether oxygens (including phenoxy) is 2. The topological polar surface area (TPSA) is 90.6 Å². The molecule has 0 atom stereocenters. The van der Waals surface area contributed by atoms with Crippen molar-refractivity contribution in [3.63, 3.8) is 0 Å². The van der Waals surface area contributed by atoms with Gasteiger partial charge in [-0.15, -0.1) is 0 Å². The minimum Gasteiger partial charge on any atom is -0.382 e. The molecule has 0 unspecified atom stereocenters. The fourth-order valence-electron chi connectivity index (χ4n) is 1.53. The number of nitrogens with one attached hydrogen (secondary N) is 1. The molecule has 1 rings (SSSR count). The molecular weight excluding hydrogens is 367 g/mol. The first-order valence-electron chi connectivity index (χ1n) is 6.16. The molecule has 0 fully saturated rings. The molecule has 0 amide bonds. The molecule has 9 heteroatoms. The van der Waals surface area contributed by atoms with E-state index in [0.29, 0.717) is 17.7 Å². The van der Waals surface area contributed by atoms with E-state index < -0.39 is 20.7 Å². The zero-order chi connectivity index (χ0) is 15.9. The normalized spacial score (nSPS) is 11.8. The minimum atomic E-state index is -3.96. The number of halogens is 2. The van der Waals surface area contributed by atoms with Gasteiger partial charge < -0.3 is 15.2 Å². The van der Waals surface area contributed by atoms with Gasteiger partial charge in [-0.05, 0) is 12.1 Å². The van der Waals surface area contributed by atoms with Gasteiger partial charge in [0.2, 0.25) is 10.0 Å². The number of sulfonamides is 1. The van der Waals surface area contributed by atoms with Crippen LogP contribution in [0.4, 0.5) is 4.39 Å². The van der Waals surface area contributed by atoms with Crippen molar-refractivity contribution in [2.45, 2.75) is 11.4 Å². The summed E-state index contributed by atoms with van der Waals surface area (Å²) in [5, 5.41) is 0. The number of nitrogens with two attached hydrogens (primary N) is 1. The molecule has 0 aliphatic carbocycles. The van der Waals surface area contributed by atoms with Crippen molar-refractivity contribution in [2.24, 2.45) is 5.73 Å². The zero-order valence-electron chi connectivity index (χ0n) is 11.6. The average molecular weight is 385 g/mol. The Morgan fingerprint density at radius 3 is 2.67 bits per heavy atom. The minimum absolute atomic E-state index is 0.0377. The maximum Gasteiger partial charge on any atom is 0.243 e. The van der Waals surface area contributed by atoms with E-state index in [2.05, 4.69) is 20.7 Å². The van der Waals surface area contributed by atoms with Crippen LogP contribution in [0.1, 0.15) is 5.56 Å². The number of hydrogen-bond acceptors (Lipinski definition) is 5. The third-order valence-corrected chi connectivity index (χ3v) is 4.48. The summed E-state index contributed by atoms with van der Waals surface area (Å²) in [7, 11) is -2.42. The van der Waals surface area contributed by atoms with Gasteiger partial charge in [0, 0.05) is 30.2 Å². The molecule has 0 spiro atoms. The van der Waals surface area contributed by atoms with E-state index in [1.54, 1.807) is 0 Å². The second-order valence-corrected chi connectivity index (χ2v) is 6.74. The molecule has 0 saturated carbocycles. The fourth-order valence-corrected chi connectivity index (χ4v) is 3.35. The number of hydrogen-bond donors (Lipinski definition) is 2. The second-order valence-electron chi connectivity index (χ2n) is 4.08. The lowest BCUT2D eigenvalue weighted by molar-refractivity contribution is 0.0736. The van der Waals surface area contributed by atoms with Crippen LogP contribution in [-0.2, 0) is 26.0 Å². The van der Waals surface area contributed by atoms with Gasteiger partial charge in [0.15, 0.2) is 0 Å². The molecule has 6 nitrogen and oxygen atoms in total. The van der Waals surface area contributed by atoms with Gasteiger partial charge in [0.1, 0.15) is 10.7 Å².